The Morgan fingerprint density at radius 3 is 2.61 bits per heavy atom. The number of fused-ring (bicyclic) bond motifs is 1. The van der Waals surface area contributed by atoms with E-state index in [1.54, 1.807) is 30.3 Å². The van der Waals surface area contributed by atoms with E-state index in [1.807, 2.05) is 20.8 Å². The van der Waals surface area contributed by atoms with Crippen LogP contribution in [0.5, 0.6) is 0 Å². The van der Waals surface area contributed by atoms with Gasteiger partial charge in [0.2, 0.25) is 15.3 Å². The SMILES string of the molecule is CCO[P+]1(O)N=C(C2=C(O)[C@H](C(C)(C)C)N(Cc3cn[nH]c3)C2=O)Nc2ccc(NS(C)(=O)=O)cc21. The summed E-state index contributed by atoms with van der Waals surface area (Å²) in [5.74, 6) is -0.632. The number of rotatable bonds is 7. The molecule has 1 aromatic heterocycles. The number of nitrogens with one attached hydrogen (secondary N) is 3. The molecule has 0 radical (unpaired) electrons. The van der Waals surface area contributed by atoms with E-state index in [1.165, 1.54) is 12.1 Å². The lowest BCUT2D eigenvalue weighted by Crippen LogP contribution is -2.43. The van der Waals surface area contributed by atoms with Gasteiger partial charge in [0.05, 0.1) is 36.5 Å². The lowest BCUT2D eigenvalue weighted by Gasteiger charge is -2.35. The number of carbonyl (C=O) groups is 1. The van der Waals surface area contributed by atoms with Gasteiger partial charge in [0.15, 0.2) is 5.84 Å². The largest absolute Gasteiger partial charge is 0.509 e. The number of aromatic nitrogens is 2. The van der Waals surface area contributed by atoms with Crippen LogP contribution in [0.25, 0.3) is 0 Å². The number of aliphatic hydroxyl groups is 1. The monoisotopic (exact) mass is 537 g/mol. The lowest BCUT2D eigenvalue weighted by molar-refractivity contribution is -0.129. The van der Waals surface area contributed by atoms with Crippen LogP contribution in [0.1, 0.15) is 33.3 Å². The first-order chi connectivity index (χ1) is 16.7. The molecule has 0 spiro atoms. The van der Waals surface area contributed by atoms with Crippen LogP contribution in [0.15, 0.2) is 46.7 Å². The molecule has 1 unspecified atom stereocenters. The molecule has 0 saturated heterocycles. The Bertz CT molecular complexity index is 1350. The minimum atomic E-state index is -3.68. The topological polar surface area (TPSA) is 169 Å². The number of sulfonamides is 1. The van der Waals surface area contributed by atoms with E-state index in [4.69, 9.17) is 4.52 Å². The van der Waals surface area contributed by atoms with Crippen molar-refractivity contribution >= 4 is 46.3 Å². The molecular formula is C22H30N6O6PS+. The van der Waals surface area contributed by atoms with Crippen molar-refractivity contribution in [3.8, 4) is 0 Å². The third-order valence-corrected chi connectivity index (χ3v) is 8.37. The zero-order valence-corrected chi connectivity index (χ0v) is 22.3. The first-order valence-corrected chi connectivity index (χ1v) is 14.7. The Kier molecular flexibility index (Phi) is 6.63. The maximum absolute atomic E-state index is 13.7. The highest BCUT2D eigenvalue weighted by molar-refractivity contribution is 7.92. The fraction of sp³-hybridized carbons (Fsp3) is 0.409. The average Bonchev–Trinajstić information content (AvgIpc) is 3.33. The second-order valence-electron chi connectivity index (χ2n) is 9.71. The molecule has 2 aromatic rings. The van der Waals surface area contributed by atoms with Gasteiger partial charge < -0.3 is 15.3 Å². The van der Waals surface area contributed by atoms with Gasteiger partial charge in [-0.3, -0.25) is 14.6 Å². The molecule has 0 fully saturated rings. The van der Waals surface area contributed by atoms with Crippen molar-refractivity contribution in [1.29, 1.82) is 0 Å². The Hall–Kier alpha value is -2.99. The second-order valence-corrected chi connectivity index (χ2v) is 13.5. The van der Waals surface area contributed by atoms with Gasteiger partial charge in [0, 0.05) is 24.4 Å². The van der Waals surface area contributed by atoms with E-state index in [2.05, 4.69) is 25.0 Å². The minimum absolute atomic E-state index is 0.0120. The van der Waals surface area contributed by atoms with Crippen molar-refractivity contribution in [2.75, 3.05) is 22.9 Å². The van der Waals surface area contributed by atoms with Crippen LogP contribution < -0.4 is 15.3 Å². The molecule has 4 rings (SSSR count). The maximum Gasteiger partial charge on any atom is 0.432 e. The van der Waals surface area contributed by atoms with Gasteiger partial charge in [-0.05, 0) is 29.2 Å². The summed E-state index contributed by atoms with van der Waals surface area (Å²) >= 11 is 0. The normalized spacial score (nSPS) is 22.4. The number of aliphatic hydroxyl groups excluding tert-OH is 1. The lowest BCUT2D eigenvalue weighted by atomic mass is 9.85. The van der Waals surface area contributed by atoms with Crippen molar-refractivity contribution in [2.45, 2.75) is 40.3 Å². The van der Waals surface area contributed by atoms with Crippen molar-refractivity contribution in [3.05, 3.63) is 47.5 Å². The molecule has 2 aliphatic heterocycles. The zero-order chi connectivity index (χ0) is 26.5. The number of hydrogen-bond donors (Lipinski definition) is 5. The number of amides is 1. The molecule has 3 heterocycles. The Balaban J connectivity index is 1.79. The zero-order valence-electron chi connectivity index (χ0n) is 20.6. The van der Waals surface area contributed by atoms with Crippen molar-refractivity contribution < 1.29 is 27.7 Å². The van der Waals surface area contributed by atoms with Gasteiger partial charge in [-0.1, -0.05) is 20.8 Å². The first kappa shape index (κ1) is 26.1. The summed E-state index contributed by atoms with van der Waals surface area (Å²) in [6.07, 6.45) is 4.30. The molecule has 36 heavy (non-hydrogen) atoms. The molecule has 0 saturated carbocycles. The number of anilines is 2. The molecule has 194 valence electrons. The molecular weight excluding hydrogens is 507 g/mol. The van der Waals surface area contributed by atoms with E-state index in [0.717, 1.165) is 11.8 Å². The van der Waals surface area contributed by atoms with Gasteiger partial charge in [0.25, 0.3) is 5.91 Å². The third-order valence-electron chi connectivity index (χ3n) is 5.68. The molecule has 0 bridgehead atoms. The first-order valence-electron chi connectivity index (χ1n) is 11.2. The summed E-state index contributed by atoms with van der Waals surface area (Å²) in [6.45, 7) is 7.75. The third kappa shape index (κ3) is 4.96. The van der Waals surface area contributed by atoms with E-state index >= 15 is 0 Å². The van der Waals surface area contributed by atoms with Gasteiger partial charge in [-0.15, -0.1) is 0 Å². The van der Waals surface area contributed by atoms with Crippen LogP contribution in [0.4, 0.5) is 11.4 Å². The van der Waals surface area contributed by atoms with Crippen LogP contribution in [0.3, 0.4) is 0 Å². The molecule has 12 nitrogen and oxygen atoms in total. The summed E-state index contributed by atoms with van der Waals surface area (Å²) in [6, 6.07) is 3.87. The summed E-state index contributed by atoms with van der Waals surface area (Å²) in [7, 11) is -7.24. The summed E-state index contributed by atoms with van der Waals surface area (Å²) < 4.78 is 35.8. The van der Waals surface area contributed by atoms with Crippen LogP contribution in [0.2, 0.25) is 0 Å². The van der Waals surface area contributed by atoms with Crippen LogP contribution in [0, 0.1) is 5.41 Å². The summed E-state index contributed by atoms with van der Waals surface area (Å²) in [5, 5.41) is 21.3. The Morgan fingerprint density at radius 1 is 1.31 bits per heavy atom. The van der Waals surface area contributed by atoms with Gasteiger partial charge >= 0.3 is 7.87 Å². The van der Waals surface area contributed by atoms with Gasteiger partial charge in [-0.25, -0.2) is 8.42 Å². The van der Waals surface area contributed by atoms with Crippen LogP contribution >= 0.6 is 7.87 Å². The fourth-order valence-corrected chi connectivity index (χ4v) is 6.76. The predicted octanol–water partition coefficient (Wildman–Crippen LogP) is 2.29. The van der Waals surface area contributed by atoms with Gasteiger partial charge in [-0.2, -0.15) is 14.5 Å². The molecule has 1 aromatic carbocycles. The minimum Gasteiger partial charge on any atom is -0.509 e. The number of carbonyl (C=O) groups excluding carboxylic acids is 1. The number of hydrogen-bond acceptors (Lipinski definition) is 9. The van der Waals surface area contributed by atoms with Crippen molar-refractivity contribution in [3.63, 3.8) is 0 Å². The van der Waals surface area contributed by atoms with E-state index < -0.39 is 35.3 Å². The van der Waals surface area contributed by atoms with E-state index in [-0.39, 0.29) is 41.3 Å². The number of H-pyrrole nitrogens is 1. The Morgan fingerprint density at radius 2 is 2.03 bits per heavy atom. The van der Waals surface area contributed by atoms with E-state index in [0.29, 0.717) is 5.69 Å². The highest BCUT2D eigenvalue weighted by Crippen LogP contribution is 2.60. The average molecular weight is 538 g/mol. The molecule has 2 aliphatic rings. The molecule has 2 atom stereocenters. The Labute approximate surface area is 210 Å². The van der Waals surface area contributed by atoms with Crippen molar-refractivity contribution in [1.82, 2.24) is 15.1 Å². The van der Waals surface area contributed by atoms with Gasteiger partial charge in [0.1, 0.15) is 11.3 Å². The van der Waals surface area contributed by atoms with Crippen molar-refractivity contribution in [2.24, 2.45) is 10.2 Å². The smallest absolute Gasteiger partial charge is 0.432 e. The number of aromatic amines is 1. The molecule has 1 amide bonds. The molecule has 14 heteroatoms. The predicted molar refractivity (Wildman–Crippen MR) is 138 cm³/mol. The summed E-state index contributed by atoms with van der Waals surface area (Å²) in [4.78, 5) is 26.7. The fourth-order valence-electron chi connectivity index (χ4n) is 4.37. The second kappa shape index (κ2) is 9.15. The van der Waals surface area contributed by atoms with E-state index in [9.17, 15) is 23.2 Å². The maximum atomic E-state index is 13.7. The number of amidine groups is 1. The highest BCUT2D eigenvalue weighted by Gasteiger charge is 2.53. The highest BCUT2D eigenvalue weighted by atomic mass is 32.2. The molecule has 5 N–H and O–H groups in total. The van der Waals surface area contributed by atoms with Crippen LogP contribution in [-0.2, 0) is 25.9 Å². The number of nitrogens with zero attached hydrogens (tertiary/aromatic N) is 3. The quantitative estimate of drug-likeness (QED) is 0.335. The number of benzene rings is 1. The standard InChI is InChI=1S/C22H29N6O6PS/c1-6-34-35(31)16-9-14(27-36(5,32)33)7-8-15(16)25-20(26-35)17-18(29)19(22(2,3)4)28(21(17)30)12-13-10-23-24-11-13/h7-11,19,27,31H,6,12H2,1-5H3,(H2-,23,24,25,26,29,30)/p+1/t19-,35?/m1/s1. The van der Waals surface area contributed by atoms with Crippen LogP contribution in [-0.4, -0.2) is 64.2 Å². The molecule has 0 aliphatic carbocycles. The summed E-state index contributed by atoms with van der Waals surface area (Å²) in [5.41, 5.74) is 0.806.